The van der Waals surface area contributed by atoms with Gasteiger partial charge in [-0.15, -0.1) is 0 Å². The number of rotatable bonds is 3. The number of hydrogen-bond donors (Lipinski definition) is 0. The molecule has 0 N–H and O–H groups in total. The minimum Gasteiger partial charge on any atom is -0.487 e. The highest BCUT2D eigenvalue weighted by molar-refractivity contribution is 5.86. The van der Waals surface area contributed by atoms with Gasteiger partial charge in [0, 0.05) is 30.1 Å². The van der Waals surface area contributed by atoms with Crippen LogP contribution in [0.25, 0.3) is 11.3 Å². The van der Waals surface area contributed by atoms with Crippen molar-refractivity contribution in [2.24, 2.45) is 5.10 Å². The van der Waals surface area contributed by atoms with E-state index in [4.69, 9.17) is 4.74 Å². The topological polar surface area (TPSA) is 44.2 Å². The Hall–Kier alpha value is -4.32. The second-order valence-electron chi connectivity index (χ2n) is 8.20. The summed E-state index contributed by atoms with van der Waals surface area (Å²) in [6.07, 6.45) is 3.66. The molecular formula is C27H23N5O. The van der Waals surface area contributed by atoms with Gasteiger partial charge in [-0.1, -0.05) is 36.4 Å². The number of aromatic nitrogens is 1. The summed E-state index contributed by atoms with van der Waals surface area (Å²) in [4.78, 5) is 8.87. The molecule has 0 saturated carbocycles. The van der Waals surface area contributed by atoms with Crippen LogP contribution in [0.15, 0.2) is 96.2 Å². The van der Waals surface area contributed by atoms with Crippen molar-refractivity contribution in [1.29, 1.82) is 0 Å². The maximum Gasteiger partial charge on any atom is 0.143 e. The Labute approximate surface area is 193 Å². The molecule has 1 aromatic heterocycles. The summed E-state index contributed by atoms with van der Waals surface area (Å²) in [5.41, 5.74) is 7.31. The van der Waals surface area contributed by atoms with Gasteiger partial charge in [0.05, 0.1) is 22.8 Å². The van der Waals surface area contributed by atoms with Gasteiger partial charge in [0.15, 0.2) is 0 Å². The second kappa shape index (κ2) is 7.98. The Balaban J connectivity index is 1.52. The van der Waals surface area contributed by atoms with E-state index in [0.717, 1.165) is 45.3 Å². The Morgan fingerprint density at radius 2 is 1.73 bits per heavy atom. The fraction of sp³-hybridized carbons (Fsp3) is 0.111. The lowest BCUT2D eigenvalue weighted by atomic mass is 10.1. The van der Waals surface area contributed by atoms with Crippen molar-refractivity contribution in [3.05, 3.63) is 96.7 Å². The average molecular weight is 434 g/mol. The molecule has 162 valence electrons. The van der Waals surface area contributed by atoms with Gasteiger partial charge >= 0.3 is 0 Å². The largest absolute Gasteiger partial charge is 0.487 e. The van der Waals surface area contributed by atoms with E-state index in [2.05, 4.69) is 75.6 Å². The van der Waals surface area contributed by atoms with Crippen molar-refractivity contribution in [3.8, 4) is 17.0 Å². The van der Waals surface area contributed by atoms with Crippen molar-refractivity contribution >= 4 is 29.1 Å². The molecule has 0 saturated heterocycles. The number of para-hydroxylation sites is 1. The van der Waals surface area contributed by atoms with Gasteiger partial charge in [-0.2, -0.15) is 5.10 Å². The number of benzene rings is 3. The SMILES string of the molecule is CN1C=NN(c2ccc3c(c2)N(c2cccc(-c4ccccn4)c2)c2ccccc2CO3)C1. The van der Waals surface area contributed by atoms with Crippen molar-refractivity contribution < 1.29 is 4.74 Å². The van der Waals surface area contributed by atoms with Gasteiger partial charge in [-0.25, -0.2) is 5.01 Å². The Morgan fingerprint density at radius 1 is 0.818 bits per heavy atom. The second-order valence-corrected chi connectivity index (χ2v) is 8.20. The summed E-state index contributed by atoms with van der Waals surface area (Å²) in [6.45, 7) is 1.23. The first-order chi connectivity index (χ1) is 16.3. The lowest BCUT2D eigenvalue weighted by Gasteiger charge is -2.27. The Kier molecular flexibility index (Phi) is 4.69. The van der Waals surface area contributed by atoms with E-state index < -0.39 is 0 Å². The molecule has 0 unspecified atom stereocenters. The van der Waals surface area contributed by atoms with Gasteiger partial charge in [-0.3, -0.25) is 4.98 Å². The number of ether oxygens (including phenoxy) is 1. The van der Waals surface area contributed by atoms with E-state index in [9.17, 15) is 0 Å². The molecule has 0 aliphatic carbocycles. The van der Waals surface area contributed by atoms with Crippen LogP contribution in [-0.4, -0.2) is 29.9 Å². The molecule has 33 heavy (non-hydrogen) atoms. The van der Waals surface area contributed by atoms with E-state index in [0.29, 0.717) is 13.3 Å². The number of pyridine rings is 1. The summed E-state index contributed by atoms with van der Waals surface area (Å²) in [5, 5.41) is 6.51. The summed E-state index contributed by atoms with van der Waals surface area (Å²) >= 11 is 0. The monoisotopic (exact) mass is 433 g/mol. The molecule has 0 spiro atoms. The number of hydrazone groups is 1. The fourth-order valence-corrected chi connectivity index (χ4v) is 4.30. The van der Waals surface area contributed by atoms with Crippen molar-refractivity contribution in [1.82, 2.24) is 9.88 Å². The molecule has 3 heterocycles. The summed E-state index contributed by atoms with van der Waals surface area (Å²) in [7, 11) is 2.02. The lowest BCUT2D eigenvalue weighted by Crippen LogP contribution is -2.23. The predicted molar refractivity (Wildman–Crippen MR) is 132 cm³/mol. The third kappa shape index (κ3) is 3.55. The van der Waals surface area contributed by atoms with Crippen LogP contribution in [0.3, 0.4) is 0 Å². The quantitative estimate of drug-likeness (QED) is 0.411. The summed E-state index contributed by atoms with van der Waals surface area (Å²) < 4.78 is 6.26. The zero-order valence-electron chi connectivity index (χ0n) is 18.3. The Bertz CT molecular complexity index is 1340. The molecule has 0 atom stereocenters. The molecule has 6 nitrogen and oxygen atoms in total. The highest BCUT2D eigenvalue weighted by Crippen LogP contribution is 2.46. The van der Waals surface area contributed by atoms with Gasteiger partial charge < -0.3 is 14.5 Å². The maximum absolute atomic E-state index is 6.26. The molecule has 6 rings (SSSR count). The number of fused-ring (bicyclic) bond motifs is 2. The van der Waals surface area contributed by atoms with Gasteiger partial charge in [0.1, 0.15) is 25.4 Å². The third-order valence-corrected chi connectivity index (χ3v) is 5.91. The van der Waals surface area contributed by atoms with Crippen LogP contribution < -0.4 is 14.6 Å². The molecule has 6 heteroatoms. The zero-order chi connectivity index (χ0) is 22.2. The van der Waals surface area contributed by atoms with E-state index >= 15 is 0 Å². The predicted octanol–water partition coefficient (Wildman–Crippen LogP) is 5.76. The molecular weight excluding hydrogens is 410 g/mol. The van der Waals surface area contributed by atoms with Crippen LogP contribution in [0.5, 0.6) is 5.75 Å². The maximum atomic E-state index is 6.26. The van der Waals surface area contributed by atoms with Gasteiger partial charge in [-0.05, 0) is 48.5 Å². The summed E-state index contributed by atoms with van der Waals surface area (Å²) in [5.74, 6) is 0.842. The Morgan fingerprint density at radius 3 is 2.58 bits per heavy atom. The van der Waals surface area contributed by atoms with Gasteiger partial charge in [0.2, 0.25) is 0 Å². The smallest absolute Gasteiger partial charge is 0.143 e. The van der Waals surface area contributed by atoms with E-state index in [-0.39, 0.29) is 0 Å². The number of hydrogen-bond acceptors (Lipinski definition) is 6. The minimum atomic E-state index is 0.517. The highest BCUT2D eigenvalue weighted by atomic mass is 16.5. The van der Waals surface area contributed by atoms with Crippen LogP contribution >= 0.6 is 0 Å². The fourth-order valence-electron chi connectivity index (χ4n) is 4.30. The molecule has 0 bridgehead atoms. The van der Waals surface area contributed by atoms with E-state index in [1.165, 1.54) is 0 Å². The first-order valence-corrected chi connectivity index (χ1v) is 10.9. The number of nitrogens with zero attached hydrogens (tertiary/aromatic N) is 5. The normalized spacial score (nSPS) is 14.5. The van der Waals surface area contributed by atoms with Gasteiger partial charge in [0.25, 0.3) is 0 Å². The van der Waals surface area contributed by atoms with Crippen LogP contribution in [0, 0.1) is 0 Å². The minimum absolute atomic E-state index is 0.517. The van der Waals surface area contributed by atoms with E-state index in [1.54, 1.807) is 0 Å². The molecule has 3 aromatic carbocycles. The molecule has 4 aromatic rings. The first kappa shape index (κ1) is 19.4. The molecule has 0 radical (unpaired) electrons. The van der Waals surface area contributed by atoms with Crippen LogP contribution in [0.2, 0.25) is 0 Å². The van der Waals surface area contributed by atoms with E-state index in [1.807, 2.05) is 53.8 Å². The van der Waals surface area contributed by atoms with Crippen LogP contribution in [0.1, 0.15) is 5.56 Å². The molecule has 0 fully saturated rings. The number of anilines is 4. The van der Waals surface area contributed by atoms with Crippen molar-refractivity contribution in [2.45, 2.75) is 6.61 Å². The standard InChI is InChI=1S/C27H23N5O/c1-30-18-29-31(19-30)22-12-13-27-26(16-22)32(25-11-3-2-7-21(25)17-33-27)23-9-6-8-20(15-23)24-10-4-5-14-28-24/h2-16,18H,17,19H2,1H3. The summed E-state index contributed by atoms with van der Waals surface area (Å²) in [6, 6.07) is 29.1. The first-order valence-electron chi connectivity index (χ1n) is 10.9. The third-order valence-electron chi connectivity index (χ3n) is 5.91. The van der Waals surface area contributed by atoms with Crippen LogP contribution in [0.4, 0.5) is 22.7 Å². The van der Waals surface area contributed by atoms with Crippen molar-refractivity contribution in [3.63, 3.8) is 0 Å². The van der Waals surface area contributed by atoms with Crippen LogP contribution in [-0.2, 0) is 6.61 Å². The van der Waals surface area contributed by atoms with Crippen molar-refractivity contribution in [2.75, 3.05) is 23.6 Å². The highest BCUT2D eigenvalue weighted by Gasteiger charge is 2.25. The molecule has 2 aliphatic rings. The molecule has 2 aliphatic heterocycles. The zero-order valence-corrected chi connectivity index (χ0v) is 18.3. The average Bonchev–Trinajstić information content (AvgIpc) is 3.23. The lowest BCUT2D eigenvalue weighted by molar-refractivity contribution is 0.310. The molecule has 0 amide bonds.